The van der Waals surface area contributed by atoms with E-state index in [1.54, 1.807) is 59.9 Å². The molecule has 0 aliphatic heterocycles. The zero-order valence-electron chi connectivity index (χ0n) is 15.1. The predicted molar refractivity (Wildman–Crippen MR) is 113 cm³/mol. The van der Waals surface area contributed by atoms with E-state index in [1.165, 1.54) is 0 Å². The summed E-state index contributed by atoms with van der Waals surface area (Å²) in [6.07, 6.45) is 0. The Morgan fingerprint density at radius 2 is 1.61 bits per heavy atom. The van der Waals surface area contributed by atoms with E-state index >= 15 is 0 Å². The van der Waals surface area contributed by atoms with Gasteiger partial charge < -0.3 is 10.6 Å². The lowest BCUT2D eigenvalue weighted by Crippen LogP contribution is -2.18. The second-order valence-corrected chi connectivity index (χ2v) is 7.47. The van der Waals surface area contributed by atoms with Gasteiger partial charge in [0, 0.05) is 11.3 Å². The molecule has 5 nitrogen and oxygen atoms in total. The molecule has 4 rings (SSSR count). The third kappa shape index (κ3) is 3.77. The van der Waals surface area contributed by atoms with Crippen LogP contribution in [0, 0.1) is 6.92 Å². The molecular weight excluding hydrogens is 370 g/mol. The summed E-state index contributed by atoms with van der Waals surface area (Å²) >= 11 is 1.58. The van der Waals surface area contributed by atoms with Crippen molar-refractivity contribution < 1.29 is 9.59 Å². The van der Waals surface area contributed by atoms with E-state index in [9.17, 15) is 9.59 Å². The molecule has 28 heavy (non-hydrogen) atoms. The molecule has 0 saturated carbocycles. The molecule has 138 valence electrons. The van der Waals surface area contributed by atoms with Gasteiger partial charge in [-0.15, -0.1) is 11.3 Å². The van der Waals surface area contributed by atoms with E-state index in [0.717, 1.165) is 15.2 Å². The number of carbonyl (C=O) groups is 2. The number of amides is 2. The van der Waals surface area contributed by atoms with Crippen molar-refractivity contribution in [1.82, 2.24) is 4.98 Å². The van der Waals surface area contributed by atoms with Gasteiger partial charge in [0.25, 0.3) is 11.8 Å². The Morgan fingerprint density at radius 1 is 0.857 bits per heavy atom. The topological polar surface area (TPSA) is 71.1 Å². The van der Waals surface area contributed by atoms with Crippen molar-refractivity contribution in [1.29, 1.82) is 0 Å². The third-order valence-electron chi connectivity index (χ3n) is 4.21. The molecule has 1 heterocycles. The standard InChI is InChI=1S/C22H17N3O2S/c1-14-23-19-12-11-16(13-20(19)28-14)24-22(27)17-9-5-6-10-18(17)25-21(26)15-7-3-2-4-8-15/h2-13H,1H3,(H,24,27)(H,25,26). The van der Waals surface area contributed by atoms with Crippen molar-refractivity contribution in [2.45, 2.75) is 6.92 Å². The number of benzene rings is 3. The van der Waals surface area contributed by atoms with E-state index in [0.29, 0.717) is 22.5 Å². The summed E-state index contributed by atoms with van der Waals surface area (Å²) in [5, 5.41) is 6.70. The zero-order chi connectivity index (χ0) is 19.5. The molecule has 4 aromatic rings. The first-order valence-electron chi connectivity index (χ1n) is 8.74. The Morgan fingerprint density at radius 3 is 2.43 bits per heavy atom. The molecule has 0 saturated heterocycles. The van der Waals surface area contributed by atoms with Crippen LogP contribution in [-0.2, 0) is 0 Å². The fourth-order valence-electron chi connectivity index (χ4n) is 2.89. The van der Waals surface area contributed by atoms with Gasteiger partial charge in [-0.05, 0) is 49.4 Å². The number of hydrogen-bond donors (Lipinski definition) is 2. The lowest BCUT2D eigenvalue weighted by molar-refractivity contribution is 0.102. The van der Waals surface area contributed by atoms with Crippen LogP contribution in [0.5, 0.6) is 0 Å². The molecule has 0 spiro atoms. The number of nitrogens with one attached hydrogen (secondary N) is 2. The second-order valence-electron chi connectivity index (χ2n) is 6.24. The third-order valence-corrected chi connectivity index (χ3v) is 5.14. The van der Waals surface area contributed by atoms with Crippen molar-refractivity contribution in [2.24, 2.45) is 0 Å². The van der Waals surface area contributed by atoms with Crippen LogP contribution in [0.2, 0.25) is 0 Å². The molecule has 3 aromatic carbocycles. The Hall–Kier alpha value is -3.51. The summed E-state index contributed by atoms with van der Waals surface area (Å²) in [5.74, 6) is -0.549. The summed E-state index contributed by atoms with van der Waals surface area (Å²) in [4.78, 5) is 29.7. The van der Waals surface area contributed by atoms with Gasteiger partial charge in [-0.3, -0.25) is 9.59 Å². The van der Waals surface area contributed by atoms with Crippen molar-refractivity contribution in [3.05, 3.63) is 88.9 Å². The first kappa shape index (κ1) is 17.9. The van der Waals surface area contributed by atoms with Crippen LogP contribution < -0.4 is 10.6 Å². The molecule has 0 bridgehead atoms. The summed E-state index contributed by atoms with van der Waals surface area (Å²) in [6, 6.07) is 21.5. The fraction of sp³-hybridized carbons (Fsp3) is 0.0455. The molecule has 0 aliphatic rings. The Bertz CT molecular complexity index is 1170. The average Bonchev–Trinajstić information content (AvgIpc) is 3.08. The molecule has 1 aromatic heterocycles. The number of thiazole rings is 1. The number of fused-ring (bicyclic) bond motifs is 1. The van der Waals surface area contributed by atoms with Gasteiger partial charge in [0.05, 0.1) is 26.5 Å². The van der Waals surface area contributed by atoms with Gasteiger partial charge in [-0.1, -0.05) is 30.3 Å². The largest absolute Gasteiger partial charge is 0.322 e. The van der Waals surface area contributed by atoms with Crippen LogP contribution in [0.3, 0.4) is 0 Å². The van der Waals surface area contributed by atoms with Gasteiger partial charge in [0.15, 0.2) is 0 Å². The Labute approximate surface area is 166 Å². The summed E-state index contributed by atoms with van der Waals surface area (Å²) in [7, 11) is 0. The first-order valence-corrected chi connectivity index (χ1v) is 9.56. The minimum absolute atomic E-state index is 0.262. The minimum Gasteiger partial charge on any atom is -0.322 e. The molecule has 2 amide bonds. The zero-order valence-corrected chi connectivity index (χ0v) is 15.9. The van der Waals surface area contributed by atoms with Gasteiger partial charge >= 0.3 is 0 Å². The highest BCUT2D eigenvalue weighted by Crippen LogP contribution is 2.25. The van der Waals surface area contributed by atoms with Gasteiger partial charge in [-0.2, -0.15) is 0 Å². The maximum absolute atomic E-state index is 12.8. The molecular formula is C22H17N3O2S. The Balaban J connectivity index is 1.56. The first-order chi connectivity index (χ1) is 13.6. The SMILES string of the molecule is Cc1nc2ccc(NC(=O)c3ccccc3NC(=O)c3ccccc3)cc2s1. The smallest absolute Gasteiger partial charge is 0.257 e. The summed E-state index contributed by atoms with van der Waals surface area (Å²) in [6.45, 7) is 1.95. The molecule has 0 unspecified atom stereocenters. The minimum atomic E-state index is -0.287. The van der Waals surface area contributed by atoms with Gasteiger partial charge in [0.1, 0.15) is 0 Å². The number of anilines is 2. The quantitative estimate of drug-likeness (QED) is 0.511. The number of nitrogens with zero attached hydrogens (tertiary/aromatic N) is 1. The monoisotopic (exact) mass is 387 g/mol. The van der Waals surface area contributed by atoms with Crippen LogP contribution in [0.1, 0.15) is 25.7 Å². The number of para-hydroxylation sites is 1. The number of aryl methyl sites for hydroxylation is 1. The van der Waals surface area contributed by atoms with E-state index in [-0.39, 0.29) is 11.8 Å². The highest BCUT2D eigenvalue weighted by atomic mass is 32.1. The second kappa shape index (κ2) is 7.62. The lowest BCUT2D eigenvalue weighted by atomic mass is 10.1. The molecule has 6 heteroatoms. The van der Waals surface area contributed by atoms with Crippen LogP contribution in [0.4, 0.5) is 11.4 Å². The number of aromatic nitrogens is 1. The Kier molecular flexibility index (Phi) is 4.87. The predicted octanol–water partition coefficient (Wildman–Crippen LogP) is 5.11. The van der Waals surface area contributed by atoms with Gasteiger partial charge in [-0.25, -0.2) is 4.98 Å². The van der Waals surface area contributed by atoms with E-state index in [2.05, 4.69) is 15.6 Å². The maximum Gasteiger partial charge on any atom is 0.257 e. The fourth-order valence-corrected chi connectivity index (χ4v) is 3.76. The highest BCUT2D eigenvalue weighted by molar-refractivity contribution is 7.18. The molecule has 2 N–H and O–H groups in total. The van der Waals surface area contributed by atoms with Crippen molar-refractivity contribution in [2.75, 3.05) is 10.6 Å². The van der Waals surface area contributed by atoms with Gasteiger partial charge in [0.2, 0.25) is 0 Å². The number of carbonyl (C=O) groups excluding carboxylic acids is 2. The molecule has 0 aliphatic carbocycles. The maximum atomic E-state index is 12.8. The van der Waals surface area contributed by atoms with Crippen molar-refractivity contribution in [3.8, 4) is 0 Å². The molecule has 0 atom stereocenters. The van der Waals surface area contributed by atoms with Crippen LogP contribution in [0.25, 0.3) is 10.2 Å². The van der Waals surface area contributed by atoms with Crippen molar-refractivity contribution >= 4 is 44.7 Å². The molecule has 0 radical (unpaired) electrons. The van der Waals surface area contributed by atoms with E-state index in [4.69, 9.17) is 0 Å². The lowest BCUT2D eigenvalue weighted by Gasteiger charge is -2.11. The van der Waals surface area contributed by atoms with Crippen LogP contribution in [0.15, 0.2) is 72.8 Å². The number of hydrogen-bond acceptors (Lipinski definition) is 4. The van der Waals surface area contributed by atoms with E-state index in [1.807, 2.05) is 31.2 Å². The number of rotatable bonds is 4. The van der Waals surface area contributed by atoms with E-state index < -0.39 is 0 Å². The summed E-state index contributed by atoms with van der Waals surface area (Å²) in [5.41, 5.74) is 2.99. The molecule has 0 fully saturated rings. The van der Waals surface area contributed by atoms with Crippen LogP contribution >= 0.6 is 11.3 Å². The van der Waals surface area contributed by atoms with Crippen molar-refractivity contribution in [3.63, 3.8) is 0 Å². The highest BCUT2D eigenvalue weighted by Gasteiger charge is 2.14. The summed E-state index contributed by atoms with van der Waals surface area (Å²) < 4.78 is 1.01. The van der Waals surface area contributed by atoms with Crippen LogP contribution in [-0.4, -0.2) is 16.8 Å². The average molecular weight is 387 g/mol. The normalized spacial score (nSPS) is 10.6.